The fourth-order valence-electron chi connectivity index (χ4n) is 2.74. The fourth-order valence-corrected chi connectivity index (χ4v) is 2.74. The lowest BCUT2D eigenvalue weighted by Gasteiger charge is -2.27. The molecule has 1 aromatic rings. The summed E-state index contributed by atoms with van der Waals surface area (Å²) in [4.78, 5) is 12.3. The Morgan fingerprint density at radius 3 is 2.47 bits per heavy atom. The molecule has 0 aliphatic heterocycles. The van der Waals surface area contributed by atoms with Gasteiger partial charge in [0, 0.05) is 24.3 Å². The van der Waals surface area contributed by atoms with Crippen LogP contribution in [-0.2, 0) is 0 Å². The van der Waals surface area contributed by atoms with Crippen LogP contribution in [0.15, 0.2) is 18.2 Å². The number of nitrogens with one attached hydrogen (secondary N) is 2. The molecule has 3 heteroatoms. The van der Waals surface area contributed by atoms with Crippen molar-refractivity contribution in [3.8, 4) is 0 Å². The van der Waals surface area contributed by atoms with E-state index in [1.54, 1.807) is 0 Å². The van der Waals surface area contributed by atoms with Crippen LogP contribution >= 0.6 is 0 Å². The van der Waals surface area contributed by atoms with Crippen molar-refractivity contribution in [1.29, 1.82) is 0 Å². The second kappa shape index (κ2) is 6.09. The van der Waals surface area contributed by atoms with E-state index in [1.807, 2.05) is 32.2 Å². The number of anilines is 1. The van der Waals surface area contributed by atoms with Gasteiger partial charge in [-0.3, -0.25) is 4.79 Å². The van der Waals surface area contributed by atoms with Crippen LogP contribution in [0.3, 0.4) is 0 Å². The quantitative estimate of drug-likeness (QED) is 0.875. The smallest absolute Gasteiger partial charge is 0.251 e. The van der Waals surface area contributed by atoms with E-state index < -0.39 is 0 Å². The summed E-state index contributed by atoms with van der Waals surface area (Å²) in [5.74, 6) is 0.879. The first-order valence-electron chi connectivity index (χ1n) is 7.19. The number of aryl methyl sites for hydroxylation is 1. The highest BCUT2D eigenvalue weighted by Gasteiger charge is 2.20. The Morgan fingerprint density at radius 1 is 1.21 bits per heavy atom. The van der Waals surface area contributed by atoms with Gasteiger partial charge >= 0.3 is 0 Å². The van der Waals surface area contributed by atoms with Crippen LogP contribution in [0.2, 0.25) is 0 Å². The molecule has 3 nitrogen and oxygen atoms in total. The van der Waals surface area contributed by atoms with Crippen molar-refractivity contribution >= 4 is 11.6 Å². The average molecular weight is 260 g/mol. The zero-order valence-corrected chi connectivity index (χ0v) is 12.1. The van der Waals surface area contributed by atoms with Crippen LogP contribution < -0.4 is 10.6 Å². The molecule has 1 fully saturated rings. The van der Waals surface area contributed by atoms with Gasteiger partial charge in [0.2, 0.25) is 0 Å². The molecule has 104 valence electrons. The first kappa shape index (κ1) is 13.9. The Kier molecular flexibility index (Phi) is 4.46. The number of carbonyl (C=O) groups is 1. The number of hydrogen-bond donors (Lipinski definition) is 2. The zero-order chi connectivity index (χ0) is 13.8. The highest BCUT2D eigenvalue weighted by Crippen LogP contribution is 2.24. The topological polar surface area (TPSA) is 41.1 Å². The molecule has 0 radical (unpaired) electrons. The first-order valence-corrected chi connectivity index (χ1v) is 7.19. The maximum Gasteiger partial charge on any atom is 0.251 e. The number of carbonyl (C=O) groups excluding carboxylic acids is 1. The molecule has 0 heterocycles. The number of rotatable bonds is 3. The van der Waals surface area contributed by atoms with Gasteiger partial charge in [-0.15, -0.1) is 0 Å². The number of amides is 1. The second-order valence-electron chi connectivity index (χ2n) is 5.71. The minimum Gasteiger partial charge on any atom is -0.388 e. The van der Waals surface area contributed by atoms with Gasteiger partial charge in [-0.05, 0) is 62.3 Å². The zero-order valence-electron chi connectivity index (χ0n) is 12.1. The lowest BCUT2D eigenvalue weighted by molar-refractivity contribution is 0.0922. The minimum atomic E-state index is 0.0692. The van der Waals surface area contributed by atoms with Crippen LogP contribution in [-0.4, -0.2) is 19.0 Å². The SMILES string of the molecule is CNc1ccc(C(=O)NC2CCC(C)CC2)c(C)c1. The maximum absolute atomic E-state index is 12.3. The predicted octanol–water partition coefficient (Wildman–Crippen LogP) is 3.35. The molecule has 0 bridgehead atoms. The van der Waals surface area contributed by atoms with E-state index >= 15 is 0 Å². The molecule has 0 atom stereocenters. The van der Waals surface area contributed by atoms with Gasteiger partial charge in [-0.2, -0.15) is 0 Å². The second-order valence-corrected chi connectivity index (χ2v) is 5.71. The summed E-state index contributed by atoms with van der Waals surface area (Å²) in [5, 5.41) is 6.26. The van der Waals surface area contributed by atoms with Gasteiger partial charge in [0.15, 0.2) is 0 Å². The summed E-state index contributed by atoms with van der Waals surface area (Å²) < 4.78 is 0. The molecule has 1 aliphatic rings. The lowest BCUT2D eigenvalue weighted by Crippen LogP contribution is -2.37. The van der Waals surface area contributed by atoms with Crippen LogP contribution in [0.4, 0.5) is 5.69 Å². The summed E-state index contributed by atoms with van der Waals surface area (Å²) in [6, 6.07) is 6.22. The molecule has 1 amide bonds. The van der Waals surface area contributed by atoms with Gasteiger partial charge in [-0.1, -0.05) is 6.92 Å². The third kappa shape index (κ3) is 3.49. The summed E-state index contributed by atoms with van der Waals surface area (Å²) in [6.45, 7) is 4.28. The fraction of sp³-hybridized carbons (Fsp3) is 0.562. The van der Waals surface area contributed by atoms with Gasteiger partial charge in [0.1, 0.15) is 0 Å². The van der Waals surface area contributed by atoms with Crippen molar-refractivity contribution in [2.45, 2.75) is 45.6 Å². The van der Waals surface area contributed by atoms with Crippen molar-refractivity contribution in [1.82, 2.24) is 5.32 Å². The summed E-state index contributed by atoms with van der Waals surface area (Å²) in [5.41, 5.74) is 2.85. The van der Waals surface area contributed by atoms with Crippen molar-refractivity contribution in [3.05, 3.63) is 29.3 Å². The molecule has 0 unspecified atom stereocenters. The molecule has 2 N–H and O–H groups in total. The monoisotopic (exact) mass is 260 g/mol. The van der Waals surface area contributed by atoms with E-state index in [0.29, 0.717) is 6.04 Å². The van der Waals surface area contributed by atoms with Crippen LogP contribution in [0.1, 0.15) is 48.5 Å². The van der Waals surface area contributed by atoms with Crippen molar-refractivity contribution in [2.75, 3.05) is 12.4 Å². The molecule has 2 rings (SSSR count). The highest BCUT2D eigenvalue weighted by molar-refractivity contribution is 5.96. The Morgan fingerprint density at radius 2 is 1.89 bits per heavy atom. The molecular formula is C16H24N2O. The van der Waals surface area contributed by atoms with E-state index in [1.165, 1.54) is 12.8 Å². The molecule has 1 aromatic carbocycles. The van der Waals surface area contributed by atoms with Crippen LogP contribution in [0.5, 0.6) is 0 Å². The van der Waals surface area contributed by atoms with Crippen molar-refractivity contribution in [2.24, 2.45) is 5.92 Å². The Labute approximate surface area is 115 Å². The summed E-state index contributed by atoms with van der Waals surface area (Å²) >= 11 is 0. The standard InChI is InChI=1S/C16H24N2O/c1-11-4-6-13(7-5-11)18-16(19)15-9-8-14(17-3)10-12(15)2/h8-11,13,17H,4-7H2,1-3H3,(H,18,19). The van der Waals surface area contributed by atoms with E-state index in [9.17, 15) is 4.79 Å². The van der Waals surface area contributed by atoms with E-state index in [4.69, 9.17) is 0 Å². The van der Waals surface area contributed by atoms with Crippen molar-refractivity contribution < 1.29 is 4.79 Å². The summed E-state index contributed by atoms with van der Waals surface area (Å²) in [6.07, 6.45) is 4.67. The minimum absolute atomic E-state index is 0.0692. The van der Waals surface area contributed by atoms with E-state index in [2.05, 4.69) is 17.6 Å². The highest BCUT2D eigenvalue weighted by atomic mass is 16.1. The first-order chi connectivity index (χ1) is 9.10. The van der Waals surface area contributed by atoms with Gasteiger partial charge in [-0.25, -0.2) is 0 Å². The molecule has 19 heavy (non-hydrogen) atoms. The predicted molar refractivity (Wildman–Crippen MR) is 79.6 cm³/mol. The molecule has 1 saturated carbocycles. The Balaban J connectivity index is 2.00. The van der Waals surface area contributed by atoms with Crippen molar-refractivity contribution in [3.63, 3.8) is 0 Å². The summed E-state index contributed by atoms with van der Waals surface area (Å²) in [7, 11) is 1.89. The number of benzene rings is 1. The van der Waals surface area contributed by atoms with Gasteiger partial charge in [0.25, 0.3) is 5.91 Å². The molecular weight excluding hydrogens is 236 g/mol. The molecule has 0 spiro atoms. The average Bonchev–Trinajstić information content (AvgIpc) is 2.41. The van der Waals surface area contributed by atoms with Crippen LogP contribution in [0.25, 0.3) is 0 Å². The van der Waals surface area contributed by atoms with E-state index in [-0.39, 0.29) is 5.91 Å². The maximum atomic E-state index is 12.3. The third-order valence-electron chi connectivity index (χ3n) is 4.11. The molecule has 0 aromatic heterocycles. The third-order valence-corrected chi connectivity index (χ3v) is 4.11. The van der Waals surface area contributed by atoms with Gasteiger partial charge in [0.05, 0.1) is 0 Å². The Bertz CT molecular complexity index is 448. The van der Waals surface area contributed by atoms with Crippen LogP contribution in [0, 0.1) is 12.8 Å². The van der Waals surface area contributed by atoms with E-state index in [0.717, 1.165) is 35.6 Å². The Hall–Kier alpha value is -1.51. The van der Waals surface area contributed by atoms with Gasteiger partial charge < -0.3 is 10.6 Å². The molecule has 0 saturated heterocycles. The number of hydrogen-bond acceptors (Lipinski definition) is 2. The normalized spacial score (nSPS) is 22.9. The lowest BCUT2D eigenvalue weighted by atomic mass is 9.87. The molecule has 1 aliphatic carbocycles. The largest absolute Gasteiger partial charge is 0.388 e.